The van der Waals surface area contributed by atoms with E-state index in [1.165, 1.54) is 0 Å². The summed E-state index contributed by atoms with van der Waals surface area (Å²) in [4.78, 5) is 14.7. The van der Waals surface area contributed by atoms with Crippen LogP contribution in [0, 0.1) is 13.8 Å². The van der Waals surface area contributed by atoms with Crippen molar-refractivity contribution in [2.24, 2.45) is 0 Å². The molecule has 0 unspecified atom stereocenters. The normalized spacial score (nSPS) is 17.5. The molecule has 1 fully saturated rings. The zero-order valence-electron chi connectivity index (χ0n) is 13.5. The Morgan fingerprint density at radius 1 is 1.39 bits per heavy atom. The minimum atomic E-state index is 0.0638. The molecule has 1 aliphatic rings. The fraction of sp³-hybridized carbons (Fsp3) is 0.412. The Bertz CT molecular complexity index is 677. The zero-order chi connectivity index (χ0) is 16.4. The Morgan fingerprint density at radius 2 is 2.13 bits per heavy atom. The van der Waals surface area contributed by atoms with E-state index >= 15 is 0 Å². The molecule has 0 spiro atoms. The summed E-state index contributed by atoms with van der Waals surface area (Å²) in [6.07, 6.45) is 0.342. The molecule has 6 heteroatoms. The van der Waals surface area contributed by atoms with Crippen LogP contribution in [0.25, 0.3) is 0 Å². The molecule has 1 aromatic carbocycles. The Kier molecular flexibility index (Phi) is 4.61. The Balaban J connectivity index is 1.76. The van der Waals surface area contributed by atoms with Gasteiger partial charge >= 0.3 is 0 Å². The summed E-state index contributed by atoms with van der Waals surface area (Å²) in [7, 11) is 1.65. The highest BCUT2D eigenvalue weighted by Crippen LogP contribution is 2.38. The van der Waals surface area contributed by atoms with Crippen molar-refractivity contribution in [3.05, 3.63) is 46.8 Å². The predicted octanol–water partition coefficient (Wildman–Crippen LogP) is 3.12. The fourth-order valence-corrected chi connectivity index (χ4v) is 4.06. The van der Waals surface area contributed by atoms with Gasteiger partial charge in [-0.05, 0) is 31.5 Å². The Labute approximate surface area is 140 Å². The first kappa shape index (κ1) is 15.9. The van der Waals surface area contributed by atoms with Crippen LogP contribution in [0.5, 0.6) is 5.75 Å². The maximum atomic E-state index is 12.7. The van der Waals surface area contributed by atoms with Crippen LogP contribution in [-0.4, -0.2) is 35.4 Å². The number of carbonyl (C=O) groups excluding carboxylic acids is 1. The number of aryl methyl sites for hydroxylation is 2. The topological polar surface area (TPSA) is 55.6 Å². The van der Waals surface area contributed by atoms with Crippen molar-refractivity contribution in [2.75, 3.05) is 19.4 Å². The summed E-state index contributed by atoms with van der Waals surface area (Å²) in [6, 6.07) is 7.92. The van der Waals surface area contributed by atoms with Crippen molar-refractivity contribution in [1.29, 1.82) is 0 Å². The summed E-state index contributed by atoms with van der Waals surface area (Å²) in [6.45, 7) is 4.49. The Morgan fingerprint density at radius 3 is 2.74 bits per heavy atom. The van der Waals surface area contributed by atoms with Crippen LogP contribution in [0.3, 0.4) is 0 Å². The molecule has 0 saturated carbocycles. The quantitative estimate of drug-likeness (QED) is 0.861. The van der Waals surface area contributed by atoms with E-state index in [1.807, 2.05) is 43.0 Å². The van der Waals surface area contributed by atoms with Gasteiger partial charge in [-0.2, -0.15) is 0 Å². The van der Waals surface area contributed by atoms with E-state index in [0.29, 0.717) is 6.42 Å². The van der Waals surface area contributed by atoms with Gasteiger partial charge in [-0.25, -0.2) is 0 Å². The highest BCUT2D eigenvalue weighted by Gasteiger charge is 2.31. The minimum Gasteiger partial charge on any atom is -0.497 e. The second-order valence-corrected chi connectivity index (χ2v) is 6.75. The molecule has 2 aromatic rings. The molecule has 2 heterocycles. The van der Waals surface area contributed by atoms with E-state index in [0.717, 1.165) is 40.6 Å². The highest BCUT2D eigenvalue weighted by molar-refractivity contribution is 7.99. The van der Waals surface area contributed by atoms with Gasteiger partial charge in [0.2, 0.25) is 5.91 Å². The lowest BCUT2D eigenvalue weighted by Crippen LogP contribution is -2.31. The van der Waals surface area contributed by atoms with Gasteiger partial charge in [0.15, 0.2) is 0 Å². The van der Waals surface area contributed by atoms with Crippen molar-refractivity contribution < 1.29 is 14.1 Å². The molecule has 1 atom stereocenters. The molecule has 23 heavy (non-hydrogen) atoms. The lowest BCUT2D eigenvalue weighted by Gasteiger charge is -2.24. The van der Waals surface area contributed by atoms with Gasteiger partial charge in [-0.15, -0.1) is 11.8 Å². The molecule has 0 N–H and O–H groups in total. The smallest absolute Gasteiger partial charge is 0.228 e. The maximum absolute atomic E-state index is 12.7. The fourth-order valence-electron chi connectivity index (χ4n) is 2.78. The van der Waals surface area contributed by atoms with E-state index in [1.54, 1.807) is 18.9 Å². The van der Waals surface area contributed by atoms with E-state index in [2.05, 4.69) is 5.16 Å². The average Bonchev–Trinajstić information content (AvgIpc) is 3.17. The van der Waals surface area contributed by atoms with Gasteiger partial charge in [0.05, 0.1) is 19.2 Å². The Hall–Kier alpha value is -1.95. The number of carbonyl (C=O) groups is 1. The molecule has 122 valence electrons. The SMILES string of the molecule is COc1ccc([C@H]2SCCN2C(=O)Cc2c(C)noc2C)cc1. The molecular weight excluding hydrogens is 312 g/mol. The molecule has 5 nitrogen and oxygen atoms in total. The van der Waals surface area contributed by atoms with Crippen molar-refractivity contribution >= 4 is 17.7 Å². The summed E-state index contributed by atoms with van der Waals surface area (Å²) in [5, 5.41) is 3.99. The molecule has 3 rings (SSSR count). The standard InChI is InChI=1S/C17H20N2O3S/c1-11-15(12(2)22-18-11)10-16(20)19-8-9-23-17(19)13-4-6-14(21-3)7-5-13/h4-7,17H,8-10H2,1-3H3/t17-/m1/s1. The number of benzene rings is 1. The number of ether oxygens (including phenoxy) is 1. The number of hydrogen-bond donors (Lipinski definition) is 0. The number of hydrogen-bond acceptors (Lipinski definition) is 5. The summed E-state index contributed by atoms with van der Waals surface area (Å²) >= 11 is 1.79. The predicted molar refractivity (Wildman–Crippen MR) is 89.6 cm³/mol. The second kappa shape index (κ2) is 6.66. The zero-order valence-corrected chi connectivity index (χ0v) is 14.4. The van der Waals surface area contributed by atoms with Crippen LogP contribution in [0.15, 0.2) is 28.8 Å². The number of methoxy groups -OCH3 is 1. The van der Waals surface area contributed by atoms with Crippen molar-refractivity contribution in [1.82, 2.24) is 10.1 Å². The molecule has 1 aliphatic heterocycles. The summed E-state index contributed by atoms with van der Waals surface area (Å²) < 4.78 is 10.4. The number of nitrogens with zero attached hydrogens (tertiary/aromatic N) is 2. The molecule has 0 bridgehead atoms. The van der Waals surface area contributed by atoms with E-state index < -0.39 is 0 Å². The summed E-state index contributed by atoms with van der Waals surface area (Å²) in [5.41, 5.74) is 2.82. The van der Waals surface area contributed by atoms with Gasteiger partial charge in [0, 0.05) is 17.9 Å². The van der Waals surface area contributed by atoms with E-state index in [9.17, 15) is 4.79 Å². The van der Waals surface area contributed by atoms with Gasteiger partial charge in [-0.1, -0.05) is 17.3 Å². The summed E-state index contributed by atoms with van der Waals surface area (Å²) in [5.74, 6) is 2.61. The number of aromatic nitrogens is 1. The lowest BCUT2D eigenvalue weighted by molar-refractivity contribution is -0.130. The van der Waals surface area contributed by atoms with Crippen LogP contribution < -0.4 is 4.74 Å². The van der Waals surface area contributed by atoms with Crippen LogP contribution >= 0.6 is 11.8 Å². The van der Waals surface area contributed by atoms with Gasteiger partial charge in [0.25, 0.3) is 0 Å². The first-order valence-electron chi connectivity index (χ1n) is 7.57. The minimum absolute atomic E-state index is 0.0638. The molecule has 1 aromatic heterocycles. The second-order valence-electron chi connectivity index (χ2n) is 5.56. The third kappa shape index (κ3) is 3.22. The average molecular weight is 332 g/mol. The van der Waals surface area contributed by atoms with Crippen molar-refractivity contribution in [3.63, 3.8) is 0 Å². The van der Waals surface area contributed by atoms with Crippen LogP contribution in [0.1, 0.15) is 28.0 Å². The monoisotopic (exact) mass is 332 g/mol. The van der Waals surface area contributed by atoms with Crippen molar-refractivity contribution in [2.45, 2.75) is 25.6 Å². The third-order valence-corrected chi connectivity index (χ3v) is 5.38. The molecular formula is C17H20N2O3S. The van der Waals surface area contributed by atoms with Crippen LogP contribution in [0.2, 0.25) is 0 Å². The molecule has 1 saturated heterocycles. The largest absolute Gasteiger partial charge is 0.497 e. The van der Waals surface area contributed by atoms with E-state index in [-0.39, 0.29) is 11.3 Å². The van der Waals surface area contributed by atoms with Crippen LogP contribution in [-0.2, 0) is 11.2 Å². The highest BCUT2D eigenvalue weighted by atomic mass is 32.2. The maximum Gasteiger partial charge on any atom is 0.228 e. The van der Waals surface area contributed by atoms with Gasteiger partial charge in [-0.3, -0.25) is 4.79 Å². The van der Waals surface area contributed by atoms with Gasteiger partial charge < -0.3 is 14.2 Å². The number of amides is 1. The first-order valence-corrected chi connectivity index (χ1v) is 8.62. The molecule has 0 aliphatic carbocycles. The van der Waals surface area contributed by atoms with Crippen LogP contribution in [0.4, 0.5) is 0 Å². The first-order chi connectivity index (χ1) is 11.1. The van der Waals surface area contributed by atoms with Crippen molar-refractivity contribution in [3.8, 4) is 5.75 Å². The van der Waals surface area contributed by atoms with E-state index in [4.69, 9.17) is 9.26 Å². The molecule has 0 radical (unpaired) electrons. The third-order valence-electron chi connectivity index (χ3n) is 4.12. The lowest BCUT2D eigenvalue weighted by atomic mass is 10.1. The molecule has 1 amide bonds. The number of rotatable bonds is 4. The number of thioether (sulfide) groups is 1. The van der Waals surface area contributed by atoms with Gasteiger partial charge in [0.1, 0.15) is 16.9 Å².